The van der Waals surface area contributed by atoms with E-state index in [0.29, 0.717) is 0 Å². The first-order chi connectivity index (χ1) is 12.6. The fourth-order valence-electron chi connectivity index (χ4n) is 2.91. The molecule has 0 saturated carbocycles. The number of rotatable bonds is 5. The molecule has 0 fully saturated rings. The fourth-order valence-corrected chi connectivity index (χ4v) is 2.91. The number of aromatic nitrogens is 1. The number of esters is 1. The van der Waals surface area contributed by atoms with Crippen LogP contribution in [0.25, 0.3) is 17.0 Å². The van der Waals surface area contributed by atoms with Crippen LogP contribution in [-0.4, -0.2) is 17.1 Å². The maximum absolute atomic E-state index is 11.9. The van der Waals surface area contributed by atoms with Crippen LogP contribution in [-0.2, 0) is 16.1 Å². The predicted octanol–water partition coefficient (Wildman–Crippen LogP) is 4.47. The summed E-state index contributed by atoms with van der Waals surface area (Å²) in [6.07, 6.45) is 3.58. The topological polar surface area (TPSA) is 55.0 Å². The van der Waals surface area contributed by atoms with Crippen LogP contribution in [0.1, 0.15) is 23.6 Å². The number of nitrogens with zero attached hydrogens (tertiary/aromatic N) is 2. The summed E-state index contributed by atoms with van der Waals surface area (Å²) in [6.45, 7) is 4.75. The Morgan fingerprint density at radius 1 is 1.19 bits per heavy atom. The summed E-state index contributed by atoms with van der Waals surface area (Å²) in [5.74, 6) is -0.592. The lowest BCUT2D eigenvalue weighted by atomic mass is 10.1. The Labute approximate surface area is 152 Å². The fraction of sp³-hybridized carbons (Fsp3) is 0.182. The smallest absolute Gasteiger partial charge is 0.348 e. The van der Waals surface area contributed by atoms with Crippen LogP contribution in [0.2, 0.25) is 0 Å². The number of ether oxygens (including phenoxy) is 1. The Morgan fingerprint density at radius 2 is 1.92 bits per heavy atom. The van der Waals surface area contributed by atoms with Crippen molar-refractivity contribution >= 4 is 22.9 Å². The standard InChI is InChI=1S/C22H20N2O2/c1-3-26-22(25)18(13-23)12-19-15-24(21-7-5-4-6-20(19)21)14-17-10-8-16(2)9-11-17/h4-12,15H,3,14H2,1-2H3. The van der Waals surface area contributed by atoms with E-state index in [2.05, 4.69) is 35.8 Å². The lowest BCUT2D eigenvalue weighted by Crippen LogP contribution is -2.05. The molecule has 2 aromatic carbocycles. The van der Waals surface area contributed by atoms with Gasteiger partial charge in [0.2, 0.25) is 0 Å². The third kappa shape index (κ3) is 3.68. The van der Waals surface area contributed by atoms with Crippen LogP contribution < -0.4 is 0 Å². The zero-order chi connectivity index (χ0) is 18.5. The zero-order valence-electron chi connectivity index (χ0n) is 14.9. The van der Waals surface area contributed by atoms with E-state index in [0.717, 1.165) is 23.0 Å². The van der Waals surface area contributed by atoms with Gasteiger partial charge in [0.05, 0.1) is 6.61 Å². The van der Waals surface area contributed by atoms with E-state index in [1.165, 1.54) is 11.1 Å². The van der Waals surface area contributed by atoms with Crippen molar-refractivity contribution in [1.82, 2.24) is 4.57 Å². The number of carbonyl (C=O) groups is 1. The van der Waals surface area contributed by atoms with E-state index in [4.69, 9.17) is 4.74 Å². The first-order valence-corrected chi connectivity index (χ1v) is 8.54. The molecule has 0 aliphatic heterocycles. The molecule has 1 aromatic heterocycles. The number of carbonyl (C=O) groups excluding carboxylic acids is 1. The SMILES string of the molecule is CCOC(=O)C(C#N)=Cc1cn(Cc2ccc(C)cc2)c2ccccc12. The van der Waals surface area contributed by atoms with Crippen LogP contribution in [0.5, 0.6) is 0 Å². The van der Waals surface area contributed by atoms with E-state index in [1.54, 1.807) is 13.0 Å². The summed E-state index contributed by atoms with van der Waals surface area (Å²) in [7, 11) is 0. The number of fused-ring (bicyclic) bond motifs is 1. The molecule has 4 nitrogen and oxygen atoms in total. The van der Waals surface area contributed by atoms with Crippen molar-refractivity contribution in [3.8, 4) is 6.07 Å². The van der Waals surface area contributed by atoms with Gasteiger partial charge in [-0.1, -0.05) is 48.0 Å². The van der Waals surface area contributed by atoms with Gasteiger partial charge in [0.25, 0.3) is 0 Å². The Morgan fingerprint density at radius 3 is 2.62 bits per heavy atom. The number of hydrogen-bond acceptors (Lipinski definition) is 3. The highest BCUT2D eigenvalue weighted by Gasteiger charge is 2.13. The van der Waals surface area contributed by atoms with Crippen molar-refractivity contribution in [2.45, 2.75) is 20.4 Å². The van der Waals surface area contributed by atoms with Gasteiger partial charge in [-0.3, -0.25) is 0 Å². The van der Waals surface area contributed by atoms with Crippen molar-refractivity contribution in [2.75, 3.05) is 6.61 Å². The van der Waals surface area contributed by atoms with Gasteiger partial charge in [0.15, 0.2) is 0 Å². The minimum Gasteiger partial charge on any atom is -0.462 e. The molecule has 0 N–H and O–H groups in total. The van der Waals surface area contributed by atoms with Gasteiger partial charge in [0.1, 0.15) is 11.6 Å². The van der Waals surface area contributed by atoms with Gasteiger partial charge >= 0.3 is 5.97 Å². The number of hydrogen-bond donors (Lipinski definition) is 0. The summed E-state index contributed by atoms with van der Waals surface area (Å²) >= 11 is 0. The molecule has 130 valence electrons. The van der Waals surface area contributed by atoms with E-state index in [1.807, 2.05) is 36.5 Å². The molecular weight excluding hydrogens is 324 g/mol. The molecule has 0 aliphatic rings. The minimum absolute atomic E-state index is 0.00471. The van der Waals surface area contributed by atoms with Crippen LogP contribution in [0.3, 0.4) is 0 Å². The van der Waals surface area contributed by atoms with Gasteiger partial charge in [0, 0.05) is 29.2 Å². The predicted molar refractivity (Wildman–Crippen MR) is 102 cm³/mol. The Kier molecular flexibility index (Phi) is 5.19. The molecule has 0 amide bonds. The summed E-state index contributed by atoms with van der Waals surface area (Å²) < 4.78 is 7.09. The highest BCUT2D eigenvalue weighted by molar-refractivity contribution is 6.01. The second kappa shape index (κ2) is 7.71. The molecule has 3 rings (SSSR count). The summed E-state index contributed by atoms with van der Waals surface area (Å²) in [5, 5.41) is 10.3. The van der Waals surface area contributed by atoms with Crippen molar-refractivity contribution in [3.05, 3.63) is 77.0 Å². The van der Waals surface area contributed by atoms with E-state index in [9.17, 15) is 10.1 Å². The molecule has 0 saturated heterocycles. The molecule has 0 unspecified atom stereocenters. The van der Waals surface area contributed by atoms with Crippen molar-refractivity contribution in [3.63, 3.8) is 0 Å². The summed E-state index contributed by atoms with van der Waals surface area (Å²) in [6, 6.07) is 18.3. The Hall–Kier alpha value is -3.32. The minimum atomic E-state index is -0.592. The highest BCUT2D eigenvalue weighted by atomic mass is 16.5. The second-order valence-corrected chi connectivity index (χ2v) is 6.11. The summed E-state index contributed by atoms with van der Waals surface area (Å²) in [4.78, 5) is 11.9. The van der Waals surface area contributed by atoms with Crippen molar-refractivity contribution in [1.29, 1.82) is 5.26 Å². The number of aryl methyl sites for hydroxylation is 1. The molecule has 3 aromatic rings. The number of nitriles is 1. The first kappa shape index (κ1) is 17.5. The third-order valence-electron chi connectivity index (χ3n) is 4.21. The van der Waals surface area contributed by atoms with Gasteiger partial charge in [-0.2, -0.15) is 5.26 Å². The highest BCUT2D eigenvalue weighted by Crippen LogP contribution is 2.25. The second-order valence-electron chi connectivity index (χ2n) is 6.11. The van der Waals surface area contributed by atoms with Gasteiger partial charge < -0.3 is 9.30 Å². The van der Waals surface area contributed by atoms with Crippen LogP contribution in [0.15, 0.2) is 60.3 Å². The van der Waals surface area contributed by atoms with Crippen LogP contribution in [0, 0.1) is 18.3 Å². The summed E-state index contributed by atoms with van der Waals surface area (Å²) in [5.41, 5.74) is 4.31. The molecule has 0 spiro atoms. The monoisotopic (exact) mass is 344 g/mol. The van der Waals surface area contributed by atoms with Gasteiger partial charge in [-0.15, -0.1) is 0 Å². The molecule has 4 heteroatoms. The molecular formula is C22H20N2O2. The molecule has 0 atom stereocenters. The van der Waals surface area contributed by atoms with E-state index in [-0.39, 0.29) is 12.2 Å². The number of benzene rings is 2. The first-order valence-electron chi connectivity index (χ1n) is 8.54. The Bertz CT molecular complexity index is 1000. The van der Waals surface area contributed by atoms with E-state index >= 15 is 0 Å². The molecule has 0 radical (unpaired) electrons. The average molecular weight is 344 g/mol. The van der Waals surface area contributed by atoms with Crippen LogP contribution >= 0.6 is 0 Å². The third-order valence-corrected chi connectivity index (χ3v) is 4.21. The molecule has 26 heavy (non-hydrogen) atoms. The van der Waals surface area contributed by atoms with Gasteiger partial charge in [-0.25, -0.2) is 4.79 Å². The maximum atomic E-state index is 11.9. The maximum Gasteiger partial charge on any atom is 0.348 e. The Balaban J connectivity index is 2.03. The van der Waals surface area contributed by atoms with Crippen LogP contribution in [0.4, 0.5) is 0 Å². The zero-order valence-corrected chi connectivity index (χ0v) is 14.9. The quantitative estimate of drug-likeness (QED) is 0.390. The average Bonchev–Trinajstić information content (AvgIpc) is 2.99. The molecule has 1 heterocycles. The lowest BCUT2D eigenvalue weighted by Gasteiger charge is -2.06. The van der Waals surface area contributed by atoms with E-state index < -0.39 is 5.97 Å². The normalized spacial score (nSPS) is 11.3. The number of para-hydroxylation sites is 1. The van der Waals surface area contributed by atoms with Gasteiger partial charge in [-0.05, 0) is 31.6 Å². The van der Waals surface area contributed by atoms with Crippen molar-refractivity contribution in [2.24, 2.45) is 0 Å². The lowest BCUT2D eigenvalue weighted by molar-refractivity contribution is -0.137. The van der Waals surface area contributed by atoms with Crippen molar-refractivity contribution < 1.29 is 9.53 Å². The largest absolute Gasteiger partial charge is 0.462 e. The molecule has 0 aliphatic carbocycles. The molecule has 0 bridgehead atoms.